The van der Waals surface area contributed by atoms with Gasteiger partial charge < -0.3 is 0 Å². The highest BCUT2D eigenvalue weighted by atomic mass is 15.2. The van der Waals surface area contributed by atoms with E-state index >= 15 is 0 Å². The zero-order valence-corrected chi connectivity index (χ0v) is 33.6. The molecule has 0 saturated heterocycles. The Bertz CT molecular complexity index is 2910. The van der Waals surface area contributed by atoms with Crippen LogP contribution in [0.25, 0.3) is 84.7 Å². The summed E-state index contributed by atoms with van der Waals surface area (Å²) in [5.74, 6) is 3.43. The van der Waals surface area contributed by atoms with E-state index in [-0.39, 0.29) is 16.2 Å². The first-order chi connectivity index (χ1) is 28.0. The van der Waals surface area contributed by atoms with E-state index in [1.807, 2.05) is 78.9 Å². The Morgan fingerprint density at radius 3 is 1.12 bits per heavy atom. The van der Waals surface area contributed by atoms with Gasteiger partial charge in [0.2, 0.25) is 5.95 Å². The van der Waals surface area contributed by atoms with Crippen LogP contribution in [0.4, 0.5) is 0 Å². The SMILES string of the molecule is CC1(C)c2cc(-c3nc(-c4ccccc4)nc(-c4ccccc4)n3)c(-c3nc(-c4ccccc4)nc(-n4c5ccccc5c5ccccc54)n3)cc2C(C)(C)C1(C)C. The van der Waals surface area contributed by atoms with Crippen LogP contribution in [0.15, 0.2) is 152 Å². The third-order valence-electron chi connectivity index (χ3n) is 13.2. The second-order valence-electron chi connectivity index (χ2n) is 16.9. The summed E-state index contributed by atoms with van der Waals surface area (Å²) in [4.78, 5) is 31.6. The molecular formula is C51H43N7. The number of rotatable bonds is 6. The van der Waals surface area contributed by atoms with Crippen molar-refractivity contribution in [2.24, 2.45) is 5.41 Å². The third-order valence-corrected chi connectivity index (χ3v) is 13.2. The first kappa shape index (κ1) is 35.5. The Morgan fingerprint density at radius 1 is 0.362 bits per heavy atom. The molecule has 0 atom stereocenters. The Labute approximate surface area is 338 Å². The van der Waals surface area contributed by atoms with Crippen LogP contribution in [-0.4, -0.2) is 34.5 Å². The average Bonchev–Trinajstić information content (AvgIpc) is 3.65. The molecule has 1 aliphatic carbocycles. The van der Waals surface area contributed by atoms with Crippen molar-refractivity contribution in [3.05, 3.63) is 163 Å². The highest BCUT2D eigenvalue weighted by Gasteiger charge is 2.57. The minimum absolute atomic E-state index is 0.0931. The maximum atomic E-state index is 5.43. The molecule has 58 heavy (non-hydrogen) atoms. The van der Waals surface area contributed by atoms with Gasteiger partial charge in [-0.05, 0) is 51.6 Å². The summed E-state index contributed by atoms with van der Waals surface area (Å²) in [7, 11) is 0. The van der Waals surface area contributed by atoms with Gasteiger partial charge in [0.05, 0.1) is 11.0 Å². The van der Waals surface area contributed by atoms with E-state index in [2.05, 4.69) is 119 Å². The van der Waals surface area contributed by atoms with Gasteiger partial charge >= 0.3 is 0 Å². The van der Waals surface area contributed by atoms with E-state index in [4.69, 9.17) is 29.9 Å². The van der Waals surface area contributed by atoms with Gasteiger partial charge in [-0.1, -0.05) is 169 Å². The summed E-state index contributed by atoms with van der Waals surface area (Å²) in [6, 6.07) is 51.9. The van der Waals surface area contributed by atoms with E-state index in [9.17, 15) is 0 Å². The summed E-state index contributed by atoms with van der Waals surface area (Å²) in [6.07, 6.45) is 0. The first-order valence-electron chi connectivity index (χ1n) is 19.9. The number of benzene rings is 6. The van der Waals surface area contributed by atoms with Gasteiger partial charge in [0.1, 0.15) is 0 Å². The maximum Gasteiger partial charge on any atom is 0.238 e. The fraction of sp³-hybridized carbons (Fsp3) is 0.176. The molecule has 7 heteroatoms. The maximum absolute atomic E-state index is 5.43. The van der Waals surface area contributed by atoms with E-state index in [0.717, 1.165) is 49.6 Å². The predicted octanol–water partition coefficient (Wildman–Crippen LogP) is 12.1. The molecule has 282 valence electrons. The zero-order valence-electron chi connectivity index (χ0n) is 33.6. The first-order valence-corrected chi connectivity index (χ1v) is 19.9. The van der Waals surface area contributed by atoms with E-state index in [1.165, 1.54) is 11.1 Å². The van der Waals surface area contributed by atoms with Gasteiger partial charge in [0.25, 0.3) is 0 Å². The molecule has 6 aromatic carbocycles. The van der Waals surface area contributed by atoms with Crippen LogP contribution in [0, 0.1) is 5.41 Å². The molecule has 1 aliphatic rings. The minimum Gasteiger partial charge on any atom is -0.278 e. The van der Waals surface area contributed by atoms with Crippen molar-refractivity contribution in [1.82, 2.24) is 34.5 Å². The van der Waals surface area contributed by atoms with Gasteiger partial charge in [0, 0.05) is 38.6 Å². The van der Waals surface area contributed by atoms with Gasteiger partial charge in [-0.3, -0.25) is 4.57 Å². The molecule has 0 amide bonds. The van der Waals surface area contributed by atoms with Gasteiger partial charge in [-0.15, -0.1) is 0 Å². The minimum atomic E-state index is -0.187. The summed E-state index contributed by atoms with van der Waals surface area (Å²) < 4.78 is 2.16. The molecule has 0 aliphatic heterocycles. The summed E-state index contributed by atoms with van der Waals surface area (Å²) >= 11 is 0. The smallest absolute Gasteiger partial charge is 0.238 e. The fourth-order valence-corrected chi connectivity index (χ4v) is 8.83. The Balaban J connectivity index is 1.31. The molecule has 0 spiro atoms. The van der Waals surface area contributed by atoms with Gasteiger partial charge in [-0.2, -0.15) is 9.97 Å². The molecule has 3 aromatic heterocycles. The highest BCUT2D eigenvalue weighted by Crippen LogP contribution is 2.62. The summed E-state index contributed by atoms with van der Waals surface area (Å²) in [5.41, 5.74) is 8.52. The lowest BCUT2D eigenvalue weighted by atomic mass is 9.59. The van der Waals surface area contributed by atoms with Crippen LogP contribution in [0.5, 0.6) is 0 Å². The van der Waals surface area contributed by atoms with E-state index in [1.54, 1.807) is 0 Å². The average molecular weight is 754 g/mol. The van der Waals surface area contributed by atoms with E-state index < -0.39 is 0 Å². The Morgan fingerprint density at radius 2 is 0.690 bits per heavy atom. The zero-order chi connectivity index (χ0) is 39.8. The van der Waals surface area contributed by atoms with Gasteiger partial charge in [-0.25, -0.2) is 19.9 Å². The number of aromatic nitrogens is 7. The topological polar surface area (TPSA) is 82.3 Å². The summed E-state index contributed by atoms with van der Waals surface area (Å²) in [5, 5.41) is 2.27. The third kappa shape index (κ3) is 5.41. The van der Waals surface area contributed by atoms with Crippen molar-refractivity contribution in [1.29, 1.82) is 0 Å². The van der Waals surface area contributed by atoms with E-state index in [0.29, 0.717) is 35.1 Å². The second-order valence-corrected chi connectivity index (χ2v) is 16.9. The lowest BCUT2D eigenvalue weighted by Crippen LogP contribution is -2.42. The predicted molar refractivity (Wildman–Crippen MR) is 235 cm³/mol. The second kappa shape index (κ2) is 13.1. The van der Waals surface area contributed by atoms with Crippen molar-refractivity contribution in [3.8, 4) is 62.9 Å². The lowest BCUT2D eigenvalue weighted by Gasteiger charge is -2.44. The molecule has 0 saturated carbocycles. The molecule has 0 bridgehead atoms. The number of fused-ring (bicyclic) bond motifs is 4. The molecule has 9 aromatic rings. The quantitative estimate of drug-likeness (QED) is 0.168. The van der Waals surface area contributed by atoms with Crippen LogP contribution in [-0.2, 0) is 10.8 Å². The van der Waals surface area contributed by atoms with Crippen LogP contribution in [0.2, 0.25) is 0 Å². The van der Waals surface area contributed by atoms with Crippen molar-refractivity contribution in [2.45, 2.75) is 52.4 Å². The van der Waals surface area contributed by atoms with Crippen LogP contribution in [0.3, 0.4) is 0 Å². The van der Waals surface area contributed by atoms with Crippen molar-refractivity contribution in [3.63, 3.8) is 0 Å². The normalized spacial score (nSPS) is 15.1. The molecule has 0 unspecified atom stereocenters. The van der Waals surface area contributed by atoms with Crippen LogP contribution < -0.4 is 0 Å². The molecular weight excluding hydrogens is 711 g/mol. The van der Waals surface area contributed by atoms with Crippen molar-refractivity contribution >= 4 is 21.8 Å². The van der Waals surface area contributed by atoms with Crippen molar-refractivity contribution in [2.75, 3.05) is 0 Å². The number of hydrogen-bond acceptors (Lipinski definition) is 6. The Kier molecular flexibility index (Phi) is 8.03. The summed E-state index contributed by atoms with van der Waals surface area (Å²) in [6.45, 7) is 14.2. The molecule has 3 heterocycles. The fourth-order valence-electron chi connectivity index (χ4n) is 8.83. The Hall–Kier alpha value is -6.86. The monoisotopic (exact) mass is 753 g/mol. The van der Waals surface area contributed by atoms with Crippen LogP contribution in [0.1, 0.15) is 52.7 Å². The molecule has 0 N–H and O–H groups in total. The largest absolute Gasteiger partial charge is 0.278 e. The highest BCUT2D eigenvalue weighted by molar-refractivity contribution is 6.09. The molecule has 10 rings (SSSR count). The lowest BCUT2D eigenvalue weighted by molar-refractivity contribution is 0.125. The van der Waals surface area contributed by atoms with Gasteiger partial charge in [0.15, 0.2) is 29.1 Å². The van der Waals surface area contributed by atoms with Crippen molar-refractivity contribution < 1.29 is 0 Å². The van der Waals surface area contributed by atoms with Crippen LogP contribution >= 0.6 is 0 Å². The molecule has 0 fully saturated rings. The molecule has 7 nitrogen and oxygen atoms in total. The number of nitrogens with zero attached hydrogens (tertiary/aromatic N) is 7. The number of hydrogen-bond donors (Lipinski definition) is 0. The standard InChI is InChI=1S/C51H43N7/c1-49(2)39-30-37(46-53-43(32-20-10-7-11-21-32)52-44(54-46)33-22-12-8-13-23-33)38(31-40(39)50(3,4)51(49,5)6)47-55-45(34-24-14-9-15-25-34)56-48(57-47)58-41-28-18-16-26-35(41)36-27-17-19-29-42(36)58/h7-31H,1-6H3. The number of para-hydroxylation sites is 2. The molecule has 0 radical (unpaired) electrons.